The Kier molecular flexibility index (Phi) is 6.67. The van der Waals surface area contributed by atoms with E-state index in [4.69, 9.17) is 4.52 Å². The predicted octanol–water partition coefficient (Wildman–Crippen LogP) is 1.87. The lowest BCUT2D eigenvalue weighted by Crippen LogP contribution is -2.44. The van der Waals surface area contributed by atoms with Crippen LogP contribution in [0.1, 0.15) is 17.4 Å². The van der Waals surface area contributed by atoms with E-state index < -0.39 is 21.3 Å². The molecule has 1 atom stereocenters. The summed E-state index contributed by atoms with van der Waals surface area (Å²) in [5, 5.41) is 7.28. The van der Waals surface area contributed by atoms with Crippen molar-refractivity contribution in [1.82, 2.24) is 20.4 Å². The number of aromatic nitrogens is 2. The smallest absolute Gasteiger partial charge is 0.334 e. The molecular weight excluding hydrogens is 390 g/mol. The summed E-state index contributed by atoms with van der Waals surface area (Å²) in [7, 11) is -2.46. The molecule has 0 spiro atoms. The molecule has 1 fully saturated rings. The number of nitrogens with zero attached hydrogens (tertiary/aromatic N) is 3. The summed E-state index contributed by atoms with van der Waals surface area (Å²) >= 11 is 0. The number of halogens is 3. The molecule has 1 saturated heterocycles. The molecule has 1 aromatic carbocycles. The standard InChI is InChI=1S/C15H18F2N4O3S.ClH/c1-21-7-6-18-8-12(21)13-19-14(24-20-13)11-4-2-10(3-5-11)9-25(22,23)15(16)17;/h2-5,12,15,18H,6-9H2,1H3;1H. The fourth-order valence-electron chi connectivity index (χ4n) is 2.62. The van der Waals surface area contributed by atoms with Crippen molar-refractivity contribution in [2.24, 2.45) is 0 Å². The summed E-state index contributed by atoms with van der Waals surface area (Å²) < 4.78 is 52.6. The molecule has 0 amide bonds. The number of benzene rings is 1. The van der Waals surface area contributed by atoms with Gasteiger partial charge in [0.2, 0.25) is 9.84 Å². The summed E-state index contributed by atoms with van der Waals surface area (Å²) in [5.74, 6) is -3.23. The summed E-state index contributed by atoms with van der Waals surface area (Å²) in [6.45, 7) is 2.50. The molecule has 3 rings (SSSR count). The van der Waals surface area contributed by atoms with Gasteiger partial charge in [0.15, 0.2) is 5.82 Å². The number of piperazine rings is 1. The fraction of sp³-hybridized carbons (Fsp3) is 0.467. The van der Waals surface area contributed by atoms with Gasteiger partial charge >= 0.3 is 5.76 Å². The number of rotatable bonds is 5. The first-order valence-electron chi connectivity index (χ1n) is 7.70. The van der Waals surface area contributed by atoms with Crippen molar-refractivity contribution >= 4 is 22.2 Å². The third-order valence-electron chi connectivity index (χ3n) is 4.09. The maximum Gasteiger partial charge on any atom is 0.337 e. The predicted molar refractivity (Wildman–Crippen MR) is 93.9 cm³/mol. The molecule has 2 heterocycles. The minimum absolute atomic E-state index is 0. The second-order valence-corrected chi connectivity index (χ2v) is 7.89. The number of hydrogen-bond donors (Lipinski definition) is 1. The molecular formula is C15H19ClF2N4O3S. The fourth-order valence-corrected chi connectivity index (χ4v) is 3.40. The SMILES string of the molecule is CN1CCNCC1c1noc(-c2ccc(CS(=O)(=O)C(F)F)cc2)n1.Cl. The minimum atomic E-state index is -4.44. The molecule has 1 aliphatic heterocycles. The monoisotopic (exact) mass is 408 g/mol. The van der Waals surface area contributed by atoms with E-state index in [0.29, 0.717) is 17.3 Å². The first-order valence-corrected chi connectivity index (χ1v) is 9.42. The van der Waals surface area contributed by atoms with E-state index in [1.807, 2.05) is 7.05 Å². The van der Waals surface area contributed by atoms with Crippen molar-refractivity contribution in [2.75, 3.05) is 26.7 Å². The van der Waals surface area contributed by atoms with Crippen molar-refractivity contribution < 1.29 is 21.7 Å². The van der Waals surface area contributed by atoms with Gasteiger partial charge in [-0.05, 0) is 24.7 Å². The van der Waals surface area contributed by atoms with Crippen molar-refractivity contribution in [3.8, 4) is 11.5 Å². The number of alkyl halides is 2. The summed E-state index contributed by atoms with van der Waals surface area (Å²) in [4.78, 5) is 6.52. The molecule has 144 valence electrons. The highest BCUT2D eigenvalue weighted by Crippen LogP contribution is 2.23. The molecule has 2 aromatic rings. The van der Waals surface area contributed by atoms with E-state index in [1.165, 1.54) is 12.1 Å². The zero-order chi connectivity index (χ0) is 18.0. The molecule has 7 nitrogen and oxygen atoms in total. The molecule has 11 heteroatoms. The van der Waals surface area contributed by atoms with Gasteiger partial charge in [0.25, 0.3) is 5.89 Å². The van der Waals surface area contributed by atoms with Crippen LogP contribution >= 0.6 is 12.4 Å². The van der Waals surface area contributed by atoms with Crippen LogP contribution in [0.3, 0.4) is 0 Å². The van der Waals surface area contributed by atoms with Crippen LogP contribution < -0.4 is 5.32 Å². The zero-order valence-electron chi connectivity index (χ0n) is 13.9. The first kappa shape index (κ1) is 20.7. The summed E-state index contributed by atoms with van der Waals surface area (Å²) in [5.41, 5.74) is 0.878. The van der Waals surface area contributed by atoms with Crippen molar-refractivity contribution in [1.29, 1.82) is 0 Å². The van der Waals surface area contributed by atoms with Crippen LogP contribution in [0, 0.1) is 0 Å². The largest absolute Gasteiger partial charge is 0.337 e. The summed E-state index contributed by atoms with van der Waals surface area (Å²) in [6.07, 6.45) is 0. The second kappa shape index (κ2) is 8.38. The molecule has 0 saturated carbocycles. The molecule has 0 radical (unpaired) electrons. The second-order valence-electron chi connectivity index (χ2n) is 5.92. The molecule has 1 aromatic heterocycles. The zero-order valence-corrected chi connectivity index (χ0v) is 15.6. The molecule has 1 aliphatic rings. The van der Waals surface area contributed by atoms with Gasteiger partial charge in [0.1, 0.15) is 0 Å². The van der Waals surface area contributed by atoms with Crippen LogP contribution in [0.25, 0.3) is 11.5 Å². The lowest BCUT2D eigenvalue weighted by molar-refractivity contribution is 0.190. The van der Waals surface area contributed by atoms with E-state index >= 15 is 0 Å². The highest BCUT2D eigenvalue weighted by molar-refractivity contribution is 7.90. The van der Waals surface area contributed by atoms with Crippen molar-refractivity contribution in [2.45, 2.75) is 17.6 Å². The number of likely N-dealkylation sites (N-methyl/N-ethyl adjacent to an activating group) is 1. The minimum Gasteiger partial charge on any atom is -0.334 e. The van der Waals surface area contributed by atoms with E-state index in [-0.39, 0.29) is 24.0 Å². The quantitative estimate of drug-likeness (QED) is 0.807. The van der Waals surface area contributed by atoms with Gasteiger partial charge in [0.05, 0.1) is 11.8 Å². The molecule has 0 bridgehead atoms. The van der Waals surface area contributed by atoms with Gasteiger partial charge < -0.3 is 9.84 Å². The van der Waals surface area contributed by atoms with Crippen molar-refractivity contribution in [3.05, 3.63) is 35.7 Å². The number of sulfone groups is 1. The van der Waals surface area contributed by atoms with Gasteiger partial charge in [-0.2, -0.15) is 13.8 Å². The van der Waals surface area contributed by atoms with Gasteiger partial charge in [-0.1, -0.05) is 17.3 Å². The Morgan fingerprint density at radius 3 is 2.65 bits per heavy atom. The van der Waals surface area contributed by atoms with E-state index in [1.54, 1.807) is 12.1 Å². The van der Waals surface area contributed by atoms with E-state index in [0.717, 1.165) is 19.6 Å². The average molecular weight is 409 g/mol. The Hall–Kier alpha value is -1.62. The van der Waals surface area contributed by atoms with Crippen LogP contribution in [-0.2, 0) is 15.6 Å². The van der Waals surface area contributed by atoms with Gasteiger partial charge in [0, 0.05) is 25.2 Å². The van der Waals surface area contributed by atoms with E-state index in [2.05, 4.69) is 20.4 Å². The number of hydrogen-bond acceptors (Lipinski definition) is 7. The van der Waals surface area contributed by atoms with Gasteiger partial charge in [-0.3, -0.25) is 4.90 Å². The van der Waals surface area contributed by atoms with E-state index in [9.17, 15) is 17.2 Å². The Bertz CT molecular complexity index is 830. The van der Waals surface area contributed by atoms with Crippen LogP contribution in [0.2, 0.25) is 0 Å². The van der Waals surface area contributed by atoms with Crippen LogP contribution in [-0.4, -0.2) is 55.9 Å². The lowest BCUT2D eigenvalue weighted by Gasteiger charge is -2.30. The normalized spacial score (nSPS) is 18.7. The third kappa shape index (κ3) is 4.56. The Morgan fingerprint density at radius 2 is 2.04 bits per heavy atom. The first-order chi connectivity index (χ1) is 11.9. The topological polar surface area (TPSA) is 88.3 Å². The van der Waals surface area contributed by atoms with Crippen LogP contribution in [0.5, 0.6) is 0 Å². The van der Waals surface area contributed by atoms with Crippen LogP contribution in [0.15, 0.2) is 28.8 Å². The number of nitrogens with one attached hydrogen (secondary N) is 1. The lowest BCUT2D eigenvalue weighted by atomic mass is 10.1. The summed E-state index contributed by atoms with van der Waals surface area (Å²) in [6, 6.07) is 6.11. The molecule has 1 unspecified atom stereocenters. The average Bonchev–Trinajstić information content (AvgIpc) is 3.05. The van der Waals surface area contributed by atoms with Gasteiger partial charge in [-0.25, -0.2) is 8.42 Å². The van der Waals surface area contributed by atoms with Crippen LogP contribution in [0.4, 0.5) is 8.78 Å². The highest BCUT2D eigenvalue weighted by atomic mass is 35.5. The third-order valence-corrected chi connectivity index (χ3v) is 5.37. The maximum atomic E-state index is 12.4. The Morgan fingerprint density at radius 1 is 1.35 bits per heavy atom. The molecule has 0 aliphatic carbocycles. The van der Waals surface area contributed by atoms with Gasteiger partial charge in [-0.15, -0.1) is 12.4 Å². The Balaban J connectivity index is 0.00000243. The maximum absolute atomic E-state index is 12.4. The highest BCUT2D eigenvalue weighted by Gasteiger charge is 2.26. The molecule has 26 heavy (non-hydrogen) atoms. The molecule has 1 N–H and O–H groups in total. The van der Waals surface area contributed by atoms with Crippen molar-refractivity contribution in [3.63, 3.8) is 0 Å². The Labute approximate surface area is 156 Å².